The van der Waals surface area contributed by atoms with Gasteiger partial charge in [-0.1, -0.05) is 41.0 Å². The van der Waals surface area contributed by atoms with E-state index >= 15 is 0 Å². The number of likely N-dealkylation sites (tertiary alicyclic amines) is 1. The van der Waals surface area contributed by atoms with E-state index in [1.807, 2.05) is 0 Å². The maximum atomic E-state index is 3.93. The highest BCUT2D eigenvalue weighted by molar-refractivity contribution is 4.89. The zero-order chi connectivity index (χ0) is 16.2. The molecule has 22 heavy (non-hydrogen) atoms. The lowest BCUT2D eigenvalue weighted by molar-refractivity contribution is 0.175. The standard InChI is InChI=1S/C20H40N2/c1-19(2,3)15-17-9-10-18(21-17)16-20(4,5)11-14-22-12-7-6-8-13-22/h17-18,21H,6-16H2,1-5H3. The van der Waals surface area contributed by atoms with E-state index in [1.165, 1.54) is 71.0 Å². The van der Waals surface area contributed by atoms with Crippen molar-refractivity contribution in [1.82, 2.24) is 10.2 Å². The molecule has 0 saturated carbocycles. The molecule has 130 valence electrons. The van der Waals surface area contributed by atoms with Gasteiger partial charge in [0, 0.05) is 12.1 Å². The van der Waals surface area contributed by atoms with Gasteiger partial charge in [0.15, 0.2) is 0 Å². The first-order valence-electron chi connectivity index (χ1n) is 9.72. The van der Waals surface area contributed by atoms with Crippen LogP contribution in [-0.2, 0) is 0 Å². The molecule has 0 radical (unpaired) electrons. The average molecular weight is 309 g/mol. The van der Waals surface area contributed by atoms with Crippen molar-refractivity contribution in [3.8, 4) is 0 Å². The monoisotopic (exact) mass is 308 g/mol. The van der Waals surface area contributed by atoms with Crippen LogP contribution in [0.25, 0.3) is 0 Å². The summed E-state index contributed by atoms with van der Waals surface area (Å²) in [6.07, 6.45) is 11.1. The van der Waals surface area contributed by atoms with E-state index in [0.717, 1.165) is 12.1 Å². The van der Waals surface area contributed by atoms with Crippen LogP contribution >= 0.6 is 0 Å². The molecule has 0 aromatic heterocycles. The predicted molar refractivity (Wildman–Crippen MR) is 97.3 cm³/mol. The van der Waals surface area contributed by atoms with E-state index in [1.54, 1.807) is 0 Å². The molecule has 2 rings (SSSR count). The molecule has 2 aliphatic heterocycles. The normalized spacial score (nSPS) is 28.2. The Hall–Kier alpha value is -0.0800. The molecule has 0 amide bonds. The van der Waals surface area contributed by atoms with Crippen molar-refractivity contribution in [2.24, 2.45) is 10.8 Å². The molecule has 2 aliphatic rings. The van der Waals surface area contributed by atoms with Crippen LogP contribution in [0.3, 0.4) is 0 Å². The summed E-state index contributed by atoms with van der Waals surface area (Å²) in [5.74, 6) is 0. The summed E-state index contributed by atoms with van der Waals surface area (Å²) in [4.78, 5) is 2.69. The maximum absolute atomic E-state index is 3.93. The SMILES string of the molecule is CC(C)(C)CC1CCC(CC(C)(C)CCN2CCCCC2)N1. The Morgan fingerprint density at radius 1 is 0.864 bits per heavy atom. The lowest BCUT2D eigenvalue weighted by Crippen LogP contribution is -2.37. The molecule has 0 aromatic rings. The van der Waals surface area contributed by atoms with Gasteiger partial charge in [-0.25, -0.2) is 0 Å². The lowest BCUT2D eigenvalue weighted by atomic mass is 9.82. The zero-order valence-electron chi connectivity index (χ0n) is 15.9. The summed E-state index contributed by atoms with van der Waals surface area (Å²) < 4.78 is 0. The molecular formula is C20H40N2. The van der Waals surface area contributed by atoms with Gasteiger partial charge in [0.25, 0.3) is 0 Å². The van der Waals surface area contributed by atoms with Crippen molar-refractivity contribution in [3.63, 3.8) is 0 Å². The van der Waals surface area contributed by atoms with Crippen molar-refractivity contribution in [3.05, 3.63) is 0 Å². The molecule has 0 spiro atoms. The number of hydrogen-bond acceptors (Lipinski definition) is 2. The maximum Gasteiger partial charge on any atom is 0.00753 e. The van der Waals surface area contributed by atoms with Crippen molar-refractivity contribution in [2.45, 2.75) is 98.1 Å². The molecule has 2 unspecified atom stereocenters. The van der Waals surface area contributed by atoms with Crippen LogP contribution < -0.4 is 5.32 Å². The van der Waals surface area contributed by atoms with Crippen LogP contribution in [0.5, 0.6) is 0 Å². The summed E-state index contributed by atoms with van der Waals surface area (Å²) in [5, 5.41) is 3.93. The molecule has 0 aromatic carbocycles. The highest BCUT2D eigenvalue weighted by atomic mass is 15.1. The molecule has 2 heteroatoms. The first-order chi connectivity index (χ1) is 10.2. The third-order valence-corrected chi connectivity index (χ3v) is 5.55. The van der Waals surface area contributed by atoms with E-state index in [-0.39, 0.29) is 0 Å². The Kier molecular flexibility index (Phi) is 6.36. The molecular weight excluding hydrogens is 268 g/mol. The van der Waals surface area contributed by atoms with Gasteiger partial charge in [-0.05, 0) is 75.4 Å². The van der Waals surface area contributed by atoms with Gasteiger partial charge in [0.2, 0.25) is 0 Å². The van der Waals surface area contributed by atoms with Crippen LogP contribution in [0.1, 0.15) is 86.0 Å². The van der Waals surface area contributed by atoms with E-state index in [2.05, 4.69) is 44.8 Å². The lowest BCUT2D eigenvalue weighted by Gasteiger charge is -2.33. The largest absolute Gasteiger partial charge is 0.311 e. The van der Waals surface area contributed by atoms with Crippen molar-refractivity contribution in [2.75, 3.05) is 19.6 Å². The Bertz CT molecular complexity index is 323. The van der Waals surface area contributed by atoms with Gasteiger partial charge >= 0.3 is 0 Å². The smallest absolute Gasteiger partial charge is 0.00753 e. The summed E-state index contributed by atoms with van der Waals surface area (Å²) >= 11 is 0. The molecule has 2 fully saturated rings. The average Bonchev–Trinajstić information content (AvgIpc) is 2.82. The number of rotatable bonds is 6. The highest BCUT2D eigenvalue weighted by Gasteiger charge is 2.31. The summed E-state index contributed by atoms with van der Waals surface area (Å²) in [7, 11) is 0. The minimum atomic E-state index is 0.455. The Morgan fingerprint density at radius 3 is 2.05 bits per heavy atom. The fourth-order valence-corrected chi connectivity index (χ4v) is 4.38. The van der Waals surface area contributed by atoms with Crippen LogP contribution in [0.15, 0.2) is 0 Å². The molecule has 0 aliphatic carbocycles. The van der Waals surface area contributed by atoms with Crippen LogP contribution in [0.4, 0.5) is 0 Å². The van der Waals surface area contributed by atoms with Crippen LogP contribution in [0.2, 0.25) is 0 Å². The van der Waals surface area contributed by atoms with Crippen LogP contribution in [-0.4, -0.2) is 36.6 Å². The summed E-state index contributed by atoms with van der Waals surface area (Å²) in [5.41, 5.74) is 0.933. The predicted octanol–water partition coefficient (Wildman–Crippen LogP) is 4.84. The van der Waals surface area contributed by atoms with Crippen LogP contribution in [0, 0.1) is 10.8 Å². The minimum absolute atomic E-state index is 0.455. The molecule has 2 heterocycles. The van der Waals surface area contributed by atoms with E-state index in [4.69, 9.17) is 0 Å². The van der Waals surface area contributed by atoms with Crippen molar-refractivity contribution >= 4 is 0 Å². The van der Waals surface area contributed by atoms with Gasteiger partial charge in [-0.2, -0.15) is 0 Å². The minimum Gasteiger partial charge on any atom is -0.311 e. The second-order valence-electron chi connectivity index (χ2n) is 9.92. The second-order valence-corrected chi connectivity index (χ2v) is 9.92. The first-order valence-corrected chi connectivity index (χ1v) is 9.72. The Balaban J connectivity index is 1.70. The molecule has 0 bridgehead atoms. The Morgan fingerprint density at radius 2 is 1.45 bits per heavy atom. The van der Waals surface area contributed by atoms with Crippen molar-refractivity contribution < 1.29 is 0 Å². The third kappa shape index (κ3) is 6.58. The topological polar surface area (TPSA) is 15.3 Å². The van der Waals surface area contributed by atoms with Gasteiger partial charge in [-0.15, -0.1) is 0 Å². The molecule has 2 nitrogen and oxygen atoms in total. The molecule has 1 N–H and O–H groups in total. The summed E-state index contributed by atoms with van der Waals surface area (Å²) in [6.45, 7) is 16.0. The fourth-order valence-electron chi connectivity index (χ4n) is 4.38. The fraction of sp³-hybridized carbons (Fsp3) is 1.00. The van der Waals surface area contributed by atoms with E-state index < -0.39 is 0 Å². The molecule has 2 saturated heterocycles. The molecule has 2 atom stereocenters. The zero-order valence-corrected chi connectivity index (χ0v) is 15.9. The van der Waals surface area contributed by atoms with E-state index in [9.17, 15) is 0 Å². The van der Waals surface area contributed by atoms with Gasteiger partial charge < -0.3 is 10.2 Å². The van der Waals surface area contributed by atoms with Gasteiger partial charge in [0.1, 0.15) is 0 Å². The van der Waals surface area contributed by atoms with Gasteiger partial charge in [0.05, 0.1) is 0 Å². The first kappa shape index (κ1) is 18.3. The Labute approximate surface area is 139 Å². The second kappa shape index (κ2) is 7.66. The number of piperidine rings is 1. The van der Waals surface area contributed by atoms with E-state index in [0.29, 0.717) is 10.8 Å². The number of nitrogens with one attached hydrogen (secondary N) is 1. The summed E-state index contributed by atoms with van der Waals surface area (Å²) in [6, 6.07) is 1.51. The third-order valence-electron chi connectivity index (χ3n) is 5.55. The number of nitrogens with zero attached hydrogens (tertiary/aromatic N) is 1. The quantitative estimate of drug-likeness (QED) is 0.755. The van der Waals surface area contributed by atoms with Crippen molar-refractivity contribution in [1.29, 1.82) is 0 Å². The number of hydrogen-bond donors (Lipinski definition) is 1. The highest BCUT2D eigenvalue weighted by Crippen LogP contribution is 2.33. The van der Waals surface area contributed by atoms with Gasteiger partial charge in [-0.3, -0.25) is 0 Å².